The van der Waals surface area contributed by atoms with Gasteiger partial charge in [0.25, 0.3) is 0 Å². The molecule has 0 bridgehead atoms. The highest BCUT2D eigenvalue weighted by atomic mass is 79.9. The lowest BCUT2D eigenvalue weighted by Gasteiger charge is -2.28. The molecule has 222 valence electrons. The fourth-order valence-corrected chi connectivity index (χ4v) is 5.19. The van der Waals surface area contributed by atoms with Gasteiger partial charge in [0.1, 0.15) is 9.61 Å². The van der Waals surface area contributed by atoms with Crippen molar-refractivity contribution >= 4 is 27.3 Å². The smallest absolute Gasteiger partial charge is 0.428 e. The number of thiazole rings is 1. The van der Waals surface area contributed by atoms with E-state index in [0.29, 0.717) is 16.9 Å². The fourth-order valence-electron chi connectivity index (χ4n) is 3.78. The summed E-state index contributed by atoms with van der Waals surface area (Å²) in [6.45, 7) is -5.11. The number of halogens is 8. The summed E-state index contributed by atoms with van der Waals surface area (Å²) in [6, 6.07) is 5.48. The van der Waals surface area contributed by atoms with Gasteiger partial charge in [-0.25, -0.2) is 9.97 Å². The van der Waals surface area contributed by atoms with Crippen molar-refractivity contribution in [3.05, 3.63) is 92.3 Å². The van der Waals surface area contributed by atoms with Crippen molar-refractivity contribution in [2.75, 3.05) is 0 Å². The third kappa shape index (κ3) is 7.75. The minimum absolute atomic E-state index is 0.0176. The number of ether oxygens (including phenoxy) is 2. The maximum Gasteiger partial charge on any atom is 0.428 e. The van der Waals surface area contributed by atoms with Gasteiger partial charge in [0.2, 0.25) is 5.60 Å². The molecule has 2 atom stereocenters. The van der Waals surface area contributed by atoms with Crippen LogP contribution in [-0.2, 0) is 5.60 Å². The van der Waals surface area contributed by atoms with Crippen LogP contribution in [0.1, 0.15) is 40.3 Å². The van der Waals surface area contributed by atoms with Crippen molar-refractivity contribution in [2.24, 2.45) is 0 Å². The molecule has 0 amide bonds. The van der Waals surface area contributed by atoms with Crippen LogP contribution in [0, 0.1) is 0 Å². The molecule has 0 spiro atoms. The highest BCUT2D eigenvalue weighted by molar-refractivity contribution is 9.10. The van der Waals surface area contributed by atoms with E-state index in [1.807, 2.05) is 5.48 Å². The van der Waals surface area contributed by atoms with Gasteiger partial charge in [0, 0.05) is 35.0 Å². The maximum absolute atomic E-state index is 14.3. The third-order valence-corrected chi connectivity index (χ3v) is 7.41. The lowest BCUT2D eigenvalue weighted by atomic mass is 9.90. The van der Waals surface area contributed by atoms with E-state index in [2.05, 4.69) is 35.4 Å². The molecule has 2 heterocycles. The zero-order chi connectivity index (χ0) is 30.4. The summed E-state index contributed by atoms with van der Waals surface area (Å²) in [7, 11) is 0. The number of hydrogen-bond acceptors (Lipinski definition) is 8. The minimum Gasteiger partial charge on any atom is -0.431 e. The van der Waals surface area contributed by atoms with Gasteiger partial charge in [-0.3, -0.25) is 10.7 Å². The van der Waals surface area contributed by atoms with Gasteiger partial charge in [-0.15, -0.1) is 11.3 Å². The van der Waals surface area contributed by atoms with Crippen LogP contribution in [-0.4, -0.2) is 39.7 Å². The zero-order valence-electron chi connectivity index (χ0n) is 20.7. The molecular formula is C25H21BrF7N3O4S. The molecule has 0 aliphatic rings. The van der Waals surface area contributed by atoms with Crippen LogP contribution in [0.4, 0.5) is 30.7 Å². The van der Waals surface area contributed by atoms with E-state index in [-0.39, 0.29) is 21.5 Å². The number of aromatic nitrogens is 2. The number of hydroxylamine groups is 1. The largest absolute Gasteiger partial charge is 0.431 e. The van der Waals surface area contributed by atoms with Gasteiger partial charge >= 0.3 is 19.4 Å². The van der Waals surface area contributed by atoms with Gasteiger partial charge in [-0.1, -0.05) is 18.2 Å². The molecule has 3 rings (SSSR count). The molecule has 0 radical (unpaired) electrons. The first kappa shape index (κ1) is 32.3. The Labute approximate surface area is 241 Å². The second-order valence-electron chi connectivity index (χ2n) is 8.19. The topological polar surface area (TPSA) is 96.7 Å². The van der Waals surface area contributed by atoms with Crippen LogP contribution >= 0.6 is 27.3 Å². The molecule has 3 aromatic rings. The summed E-state index contributed by atoms with van der Waals surface area (Å²) in [5, 5.41) is 19.1. The van der Waals surface area contributed by atoms with Crippen molar-refractivity contribution in [3.63, 3.8) is 0 Å². The van der Waals surface area contributed by atoms with E-state index in [0.717, 1.165) is 30.6 Å². The molecule has 2 aromatic heterocycles. The van der Waals surface area contributed by atoms with E-state index in [9.17, 15) is 35.8 Å². The van der Waals surface area contributed by atoms with Crippen LogP contribution < -0.4 is 15.0 Å². The maximum atomic E-state index is 14.3. The zero-order valence-corrected chi connectivity index (χ0v) is 23.2. The second-order valence-corrected chi connectivity index (χ2v) is 10.1. The molecule has 0 aliphatic heterocycles. The van der Waals surface area contributed by atoms with E-state index in [1.165, 1.54) is 24.4 Å². The number of alkyl halides is 7. The number of pyridine rings is 1. The lowest BCUT2D eigenvalue weighted by Crippen LogP contribution is -2.43. The molecule has 0 fully saturated rings. The summed E-state index contributed by atoms with van der Waals surface area (Å²) >= 11 is 3.53. The molecule has 16 heteroatoms. The Hall–Kier alpha value is -3.21. The van der Waals surface area contributed by atoms with Crippen LogP contribution in [0.3, 0.4) is 0 Å². The number of rotatable bonds is 12. The average molecular weight is 672 g/mol. The van der Waals surface area contributed by atoms with Gasteiger partial charge in [0.05, 0.1) is 0 Å². The summed E-state index contributed by atoms with van der Waals surface area (Å²) in [5.74, 6) is -2.32. The molecule has 41 heavy (non-hydrogen) atoms. The molecular weight excluding hydrogens is 651 g/mol. The van der Waals surface area contributed by atoms with Gasteiger partial charge in [0.15, 0.2) is 11.5 Å². The summed E-state index contributed by atoms with van der Waals surface area (Å²) < 4.78 is 104. The number of aliphatic hydroxyl groups is 1. The van der Waals surface area contributed by atoms with Gasteiger partial charge < -0.3 is 14.6 Å². The van der Waals surface area contributed by atoms with Crippen molar-refractivity contribution < 1.29 is 50.5 Å². The Morgan fingerprint density at radius 3 is 2.29 bits per heavy atom. The van der Waals surface area contributed by atoms with E-state index >= 15 is 0 Å². The molecule has 7 nitrogen and oxygen atoms in total. The van der Waals surface area contributed by atoms with Gasteiger partial charge in [-0.2, -0.15) is 30.7 Å². The number of allylic oxidation sites excluding steroid dienone is 3. The summed E-state index contributed by atoms with van der Waals surface area (Å²) in [4.78, 5) is 7.79. The normalized spacial score (nSPS) is 14.9. The van der Waals surface area contributed by atoms with Crippen molar-refractivity contribution in [1.82, 2.24) is 15.4 Å². The van der Waals surface area contributed by atoms with Crippen molar-refractivity contribution in [1.29, 1.82) is 0 Å². The van der Waals surface area contributed by atoms with E-state index < -0.39 is 53.0 Å². The first-order valence-electron chi connectivity index (χ1n) is 11.4. The van der Waals surface area contributed by atoms with Crippen LogP contribution in [0.15, 0.2) is 71.3 Å². The Balaban J connectivity index is 2.17. The Bertz CT molecular complexity index is 1370. The average Bonchev–Trinajstić information content (AvgIpc) is 3.39. The van der Waals surface area contributed by atoms with Gasteiger partial charge in [-0.05, 0) is 64.7 Å². The molecule has 0 saturated carbocycles. The third-order valence-electron chi connectivity index (χ3n) is 5.72. The second kappa shape index (κ2) is 13.6. The standard InChI is InChI=1S/C25H21BrF7N3O4S/c1-2-13(7-8-36-38)9-16(14-3-5-17(39-22(27)28)18(10-14)40-23(29)30)19-12-35-21(41-19)24(37,25(31,32)33)15-4-6-20(26)34-11-15/h2-8,10-12,16,22-23,36-38H,9H2,1H3/b8-7-,13-2+. The van der Waals surface area contributed by atoms with Crippen molar-refractivity contribution in [2.45, 2.75) is 44.3 Å². The predicted octanol–water partition coefficient (Wildman–Crippen LogP) is 7.26. The number of nitrogens with zero attached hydrogens (tertiary/aromatic N) is 2. The van der Waals surface area contributed by atoms with E-state index in [4.69, 9.17) is 5.21 Å². The molecule has 1 aromatic carbocycles. The fraction of sp³-hybridized carbons (Fsp3) is 0.280. The highest BCUT2D eigenvalue weighted by Gasteiger charge is 2.58. The molecule has 0 aliphatic carbocycles. The highest BCUT2D eigenvalue weighted by Crippen LogP contribution is 2.47. The van der Waals surface area contributed by atoms with Crippen LogP contribution in [0.5, 0.6) is 11.5 Å². The number of benzene rings is 1. The number of nitrogens with one attached hydrogen (secondary N) is 1. The summed E-state index contributed by atoms with van der Waals surface area (Å²) in [6.07, 6.45) is 0.959. The van der Waals surface area contributed by atoms with Crippen LogP contribution in [0.25, 0.3) is 0 Å². The quantitative estimate of drug-likeness (QED) is 0.0807. The van der Waals surface area contributed by atoms with E-state index in [1.54, 1.807) is 13.0 Å². The molecule has 3 N–H and O–H groups in total. The minimum atomic E-state index is -5.22. The molecule has 2 unspecified atom stereocenters. The summed E-state index contributed by atoms with van der Waals surface area (Å²) in [5.41, 5.74) is -1.63. The predicted molar refractivity (Wildman–Crippen MR) is 137 cm³/mol. The first-order chi connectivity index (χ1) is 19.3. The monoisotopic (exact) mass is 671 g/mol. The SMILES string of the molecule is C/C=C(\C=C/NO)CC(c1ccc(OC(F)F)c(OC(F)F)c1)c1cnc(C(O)(c2ccc(Br)nc2)C(F)(F)F)s1. The molecule has 0 saturated heterocycles. The Morgan fingerprint density at radius 1 is 1.05 bits per heavy atom. The lowest BCUT2D eigenvalue weighted by molar-refractivity contribution is -0.248. The first-order valence-corrected chi connectivity index (χ1v) is 13.0. The van der Waals surface area contributed by atoms with Crippen molar-refractivity contribution in [3.8, 4) is 11.5 Å². The Morgan fingerprint density at radius 2 is 1.73 bits per heavy atom. The number of hydrogen-bond donors (Lipinski definition) is 3. The van der Waals surface area contributed by atoms with Crippen LogP contribution in [0.2, 0.25) is 0 Å². The Kier molecular flexibility index (Phi) is 10.7.